The van der Waals surface area contributed by atoms with Crippen LogP contribution in [0.3, 0.4) is 0 Å². The van der Waals surface area contributed by atoms with E-state index in [2.05, 4.69) is 0 Å². The van der Waals surface area contributed by atoms with Gasteiger partial charge in [0.2, 0.25) is 0 Å². The van der Waals surface area contributed by atoms with E-state index in [9.17, 15) is 4.79 Å². The summed E-state index contributed by atoms with van der Waals surface area (Å²) in [6.45, 7) is 0.697. The Morgan fingerprint density at radius 2 is 1.79 bits per heavy atom. The predicted octanol–water partition coefficient (Wildman–Crippen LogP) is 2.01. The molecule has 1 N–H and O–H groups in total. The average Bonchev–Trinajstić information content (AvgIpc) is 2.46. The van der Waals surface area contributed by atoms with Crippen LogP contribution in [0.2, 0.25) is 0 Å². The molecule has 100 valence electrons. The third-order valence-corrected chi connectivity index (χ3v) is 2.71. The van der Waals surface area contributed by atoms with Crippen molar-refractivity contribution < 1.29 is 19.4 Å². The van der Waals surface area contributed by atoms with Gasteiger partial charge in [0.25, 0.3) is 0 Å². The molecule has 0 atom stereocenters. The van der Waals surface area contributed by atoms with Gasteiger partial charge in [-0.2, -0.15) is 0 Å². The molecule has 0 aromatic heterocycles. The van der Waals surface area contributed by atoms with Crippen molar-refractivity contribution in [3.05, 3.63) is 48.0 Å². The summed E-state index contributed by atoms with van der Waals surface area (Å²) >= 11 is 0. The zero-order valence-electron chi connectivity index (χ0n) is 10.5. The van der Waals surface area contributed by atoms with Crippen LogP contribution in [0.15, 0.2) is 42.5 Å². The Hall–Kier alpha value is -1.91. The number of benzene rings is 2. The molecule has 0 bridgehead atoms. The first-order valence-corrected chi connectivity index (χ1v) is 6.16. The highest BCUT2D eigenvalue weighted by atomic mass is 16.6. The van der Waals surface area contributed by atoms with Crippen molar-refractivity contribution in [3.8, 4) is 0 Å². The topological polar surface area (TPSA) is 55.8 Å². The van der Waals surface area contributed by atoms with Gasteiger partial charge in [-0.3, -0.25) is 0 Å². The largest absolute Gasteiger partial charge is 0.460 e. The highest BCUT2D eigenvalue weighted by Gasteiger charge is 2.10. The standard InChI is InChI=1S/C15H16O4/c16-8-9-18-10-11-19-15(17)14-7-3-5-12-4-1-2-6-13(12)14/h1-7,16H,8-11H2. The van der Waals surface area contributed by atoms with Crippen molar-refractivity contribution in [2.75, 3.05) is 26.4 Å². The van der Waals surface area contributed by atoms with Crippen LogP contribution in [0.5, 0.6) is 0 Å². The van der Waals surface area contributed by atoms with Gasteiger partial charge in [-0.05, 0) is 16.8 Å². The van der Waals surface area contributed by atoms with Gasteiger partial charge in [0, 0.05) is 0 Å². The van der Waals surface area contributed by atoms with Crippen LogP contribution in [0.4, 0.5) is 0 Å². The predicted molar refractivity (Wildman–Crippen MR) is 72.1 cm³/mol. The Morgan fingerprint density at radius 3 is 2.63 bits per heavy atom. The maximum Gasteiger partial charge on any atom is 0.338 e. The van der Waals surface area contributed by atoms with E-state index >= 15 is 0 Å². The number of fused-ring (bicyclic) bond motifs is 1. The normalized spacial score (nSPS) is 10.6. The zero-order valence-corrected chi connectivity index (χ0v) is 10.5. The second-order valence-corrected chi connectivity index (χ2v) is 4.00. The lowest BCUT2D eigenvalue weighted by atomic mass is 10.1. The van der Waals surface area contributed by atoms with Crippen LogP contribution in [0.1, 0.15) is 10.4 Å². The highest BCUT2D eigenvalue weighted by Crippen LogP contribution is 2.19. The summed E-state index contributed by atoms with van der Waals surface area (Å²) in [5.41, 5.74) is 0.556. The van der Waals surface area contributed by atoms with E-state index in [1.807, 2.05) is 36.4 Å². The summed E-state index contributed by atoms with van der Waals surface area (Å²) in [5, 5.41) is 10.4. The molecule has 0 radical (unpaired) electrons. The van der Waals surface area contributed by atoms with Crippen molar-refractivity contribution in [2.45, 2.75) is 0 Å². The number of carbonyl (C=O) groups is 1. The maximum absolute atomic E-state index is 12.0. The highest BCUT2D eigenvalue weighted by molar-refractivity contribution is 6.04. The minimum Gasteiger partial charge on any atom is -0.460 e. The third-order valence-electron chi connectivity index (χ3n) is 2.71. The molecule has 0 saturated carbocycles. The molecular weight excluding hydrogens is 244 g/mol. The number of carbonyl (C=O) groups excluding carboxylic acids is 1. The smallest absolute Gasteiger partial charge is 0.338 e. The van der Waals surface area contributed by atoms with Crippen LogP contribution in [0, 0.1) is 0 Å². The molecule has 0 aliphatic heterocycles. The number of hydrogen-bond acceptors (Lipinski definition) is 4. The van der Waals surface area contributed by atoms with Gasteiger partial charge in [-0.25, -0.2) is 4.79 Å². The van der Waals surface area contributed by atoms with Crippen molar-refractivity contribution in [3.63, 3.8) is 0 Å². The molecule has 0 spiro atoms. The Labute approximate surface area is 111 Å². The summed E-state index contributed by atoms with van der Waals surface area (Å²) in [6, 6.07) is 13.2. The fourth-order valence-corrected chi connectivity index (χ4v) is 1.84. The molecule has 0 fully saturated rings. The van der Waals surface area contributed by atoms with Gasteiger partial charge in [0.05, 0.1) is 25.4 Å². The Balaban J connectivity index is 2.01. The molecule has 19 heavy (non-hydrogen) atoms. The van der Waals surface area contributed by atoms with Crippen molar-refractivity contribution in [1.29, 1.82) is 0 Å². The maximum atomic E-state index is 12.0. The van der Waals surface area contributed by atoms with Crippen LogP contribution >= 0.6 is 0 Å². The summed E-state index contributed by atoms with van der Waals surface area (Å²) in [6.07, 6.45) is 0. The van der Waals surface area contributed by atoms with E-state index in [4.69, 9.17) is 14.6 Å². The number of rotatable bonds is 6. The quantitative estimate of drug-likeness (QED) is 0.637. The van der Waals surface area contributed by atoms with E-state index < -0.39 is 0 Å². The average molecular weight is 260 g/mol. The van der Waals surface area contributed by atoms with Gasteiger partial charge in [-0.1, -0.05) is 36.4 Å². The molecule has 2 rings (SSSR count). The van der Waals surface area contributed by atoms with Crippen LogP contribution in [-0.2, 0) is 9.47 Å². The van der Waals surface area contributed by atoms with Crippen LogP contribution in [-0.4, -0.2) is 37.5 Å². The molecule has 2 aromatic rings. The van der Waals surface area contributed by atoms with Crippen molar-refractivity contribution >= 4 is 16.7 Å². The minimum absolute atomic E-state index is 0.0305. The molecule has 4 heteroatoms. The lowest BCUT2D eigenvalue weighted by Crippen LogP contribution is -2.12. The number of aliphatic hydroxyl groups excluding tert-OH is 1. The molecule has 0 unspecified atom stereocenters. The second-order valence-electron chi connectivity index (χ2n) is 4.00. The molecule has 2 aromatic carbocycles. The van der Waals surface area contributed by atoms with Crippen LogP contribution in [0.25, 0.3) is 10.8 Å². The Kier molecular flexibility index (Phi) is 4.89. The van der Waals surface area contributed by atoms with Crippen LogP contribution < -0.4 is 0 Å². The Morgan fingerprint density at radius 1 is 1.00 bits per heavy atom. The monoisotopic (exact) mass is 260 g/mol. The molecular formula is C15H16O4. The van der Waals surface area contributed by atoms with Crippen molar-refractivity contribution in [2.24, 2.45) is 0 Å². The van der Waals surface area contributed by atoms with Gasteiger partial charge in [0.1, 0.15) is 6.61 Å². The fourth-order valence-electron chi connectivity index (χ4n) is 1.84. The first-order valence-electron chi connectivity index (χ1n) is 6.16. The number of esters is 1. The van der Waals surface area contributed by atoms with E-state index in [-0.39, 0.29) is 32.4 Å². The van der Waals surface area contributed by atoms with E-state index in [0.717, 1.165) is 10.8 Å². The van der Waals surface area contributed by atoms with Gasteiger partial charge >= 0.3 is 5.97 Å². The number of hydrogen-bond donors (Lipinski definition) is 1. The van der Waals surface area contributed by atoms with Crippen molar-refractivity contribution in [1.82, 2.24) is 0 Å². The summed E-state index contributed by atoms with van der Waals surface area (Å²) in [5.74, 6) is -0.357. The molecule has 0 aliphatic rings. The van der Waals surface area contributed by atoms with E-state index in [1.54, 1.807) is 6.07 Å². The van der Waals surface area contributed by atoms with E-state index in [1.165, 1.54) is 0 Å². The summed E-state index contributed by atoms with van der Waals surface area (Å²) < 4.78 is 10.2. The number of aliphatic hydroxyl groups is 1. The lowest BCUT2D eigenvalue weighted by molar-refractivity contribution is 0.0260. The first kappa shape index (κ1) is 13.5. The third kappa shape index (κ3) is 3.53. The Bertz CT molecular complexity index is 545. The summed E-state index contributed by atoms with van der Waals surface area (Å²) in [4.78, 5) is 12.0. The van der Waals surface area contributed by atoms with E-state index in [0.29, 0.717) is 5.56 Å². The molecule has 0 aliphatic carbocycles. The van der Waals surface area contributed by atoms with Gasteiger partial charge in [-0.15, -0.1) is 0 Å². The lowest BCUT2D eigenvalue weighted by Gasteiger charge is -2.07. The molecule has 4 nitrogen and oxygen atoms in total. The molecule has 0 saturated heterocycles. The second kappa shape index (κ2) is 6.87. The number of ether oxygens (including phenoxy) is 2. The zero-order chi connectivity index (χ0) is 13.5. The van der Waals surface area contributed by atoms with Gasteiger partial charge in [0.15, 0.2) is 0 Å². The molecule has 0 heterocycles. The fraction of sp³-hybridized carbons (Fsp3) is 0.267. The minimum atomic E-state index is -0.357. The first-order chi connectivity index (χ1) is 9.33. The SMILES string of the molecule is O=C(OCCOCCO)c1cccc2ccccc12. The molecule has 0 amide bonds. The van der Waals surface area contributed by atoms with Gasteiger partial charge < -0.3 is 14.6 Å². The summed E-state index contributed by atoms with van der Waals surface area (Å²) in [7, 11) is 0.